The second kappa shape index (κ2) is 8.60. The van der Waals surface area contributed by atoms with Crippen molar-refractivity contribution >= 4 is 23.8 Å². The number of fused-ring (bicyclic) bond motifs is 1. The van der Waals surface area contributed by atoms with Crippen LogP contribution in [0.25, 0.3) is 0 Å². The average molecular weight is 418 g/mol. The number of ether oxygens (including phenoxy) is 2. The van der Waals surface area contributed by atoms with Crippen LogP contribution < -0.4 is 20.1 Å². The summed E-state index contributed by atoms with van der Waals surface area (Å²) in [6.45, 7) is 5.47. The summed E-state index contributed by atoms with van der Waals surface area (Å²) in [5, 5.41) is 5.31. The molecule has 10 nitrogen and oxygen atoms in total. The molecule has 2 heterocycles. The second-order valence-electron chi connectivity index (χ2n) is 7.38. The number of likely N-dealkylation sites (N-methyl/N-ethyl adjacent to an activating group) is 2. The maximum absolute atomic E-state index is 13.0. The first-order valence-electron chi connectivity index (χ1n) is 9.84. The summed E-state index contributed by atoms with van der Waals surface area (Å²) >= 11 is 0. The number of benzene rings is 1. The van der Waals surface area contributed by atoms with Crippen LogP contribution in [0.1, 0.15) is 26.3 Å². The molecule has 2 aliphatic heterocycles. The molecule has 0 bridgehead atoms. The molecule has 0 aliphatic carbocycles. The van der Waals surface area contributed by atoms with Gasteiger partial charge in [-0.25, -0.2) is 4.79 Å². The fourth-order valence-corrected chi connectivity index (χ4v) is 3.51. The lowest BCUT2D eigenvalue weighted by Gasteiger charge is -2.24. The van der Waals surface area contributed by atoms with Crippen LogP contribution in [0.15, 0.2) is 18.2 Å². The summed E-state index contributed by atoms with van der Waals surface area (Å²) in [5.41, 5.74) is -0.406. The van der Waals surface area contributed by atoms with E-state index < -0.39 is 29.9 Å². The molecular weight excluding hydrogens is 392 g/mol. The van der Waals surface area contributed by atoms with Crippen LogP contribution >= 0.6 is 0 Å². The lowest BCUT2D eigenvalue weighted by molar-refractivity contribution is -0.140. The Labute approximate surface area is 174 Å². The Morgan fingerprint density at radius 3 is 2.67 bits per heavy atom. The highest BCUT2D eigenvalue weighted by Gasteiger charge is 2.48. The maximum atomic E-state index is 13.0. The lowest BCUT2D eigenvalue weighted by Crippen LogP contribution is -2.48. The van der Waals surface area contributed by atoms with Crippen LogP contribution in [0.4, 0.5) is 4.79 Å². The highest BCUT2D eigenvalue weighted by atomic mass is 16.7. The number of imide groups is 1. The van der Waals surface area contributed by atoms with Gasteiger partial charge in [0.2, 0.25) is 18.6 Å². The van der Waals surface area contributed by atoms with Crippen molar-refractivity contribution in [3.8, 4) is 11.5 Å². The van der Waals surface area contributed by atoms with Gasteiger partial charge in [-0.1, -0.05) is 6.07 Å². The third kappa shape index (κ3) is 4.32. The Bertz CT molecular complexity index is 873. The minimum Gasteiger partial charge on any atom is -0.454 e. The van der Waals surface area contributed by atoms with Crippen LogP contribution in [0.2, 0.25) is 0 Å². The van der Waals surface area contributed by atoms with Crippen LogP contribution in [-0.2, 0) is 20.8 Å². The predicted octanol–water partition coefficient (Wildman–Crippen LogP) is 0.253. The molecule has 0 unspecified atom stereocenters. The number of carbonyl (C=O) groups is 4. The quantitative estimate of drug-likeness (QED) is 0.585. The van der Waals surface area contributed by atoms with Crippen molar-refractivity contribution in [2.45, 2.75) is 32.7 Å². The molecule has 3 rings (SSSR count). The fraction of sp³-hybridized carbons (Fsp3) is 0.500. The Hall–Kier alpha value is -3.30. The molecule has 1 aromatic carbocycles. The molecule has 0 spiro atoms. The minimum absolute atomic E-state index is 0.124. The zero-order chi connectivity index (χ0) is 21.9. The summed E-state index contributed by atoms with van der Waals surface area (Å²) in [6, 6.07) is 4.69. The first-order valence-corrected chi connectivity index (χ1v) is 9.84. The van der Waals surface area contributed by atoms with E-state index in [2.05, 4.69) is 10.6 Å². The molecule has 5 amide bonds. The van der Waals surface area contributed by atoms with E-state index in [-0.39, 0.29) is 32.2 Å². The Morgan fingerprint density at radius 1 is 1.23 bits per heavy atom. The first-order chi connectivity index (χ1) is 14.3. The van der Waals surface area contributed by atoms with Gasteiger partial charge in [0.05, 0.1) is 6.54 Å². The van der Waals surface area contributed by atoms with E-state index in [0.29, 0.717) is 18.0 Å². The molecule has 1 fully saturated rings. The fourth-order valence-electron chi connectivity index (χ4n) is 3.51. The molecule has 0 aromatic heterocycles. The number of carbonyl (C=O) groups excluding carboxylic acids is 4. The first kappa shape index (κ1) is 21.4. The molecule has 30 heavy (non-hydrogen) atoms. The molecule has 0 radical (unpaired) electrons. The standard InChI is InChI=1S/C20H26N4O6/c1-4-21-16(25)10-23(5-2)17(26)11-24-18(27)20(3,22-19(24)28)9-13-6-7-14-15(8-13)30-12-29-14/h6-8H,4-5,9-12H2,1-3H3,(H,21,25)(H,22,28)/t20-/m0/s1. The summed E-state index contributed by atoms with van der Waals surface area (Å²) < 4.78 is 10.6. The molecule has 2 aliphatic rings. The van der Waals surface area contributed by atoms with Crippen molar-refractivity contribution in [1.29, 1.82) is 0 Å². The van der Waals surface area contributed by atoms with Gasteiger partial charge in [0.15, 0.2) is 11.5 Å². The number of hydrogen-bond acceptors (Lipinski definition) is 6. The Balaban J connectivity index is 1.67. The van der Waals surface area contributed by atoms with Gasteiger partial charge in [0.25, 0.3) is 5.91 Å². The third-order valence-electron chi connectivity index (χ3n) is 5.08. The van der Waals surface area contributed by atoms with Gasteiger partial charge >= 0.3 is 6.03 Å². The van der Waals surface area contributed by atoms with Crippen LogP contribution in [0, 0.1) is 0 Å². The van der Waals surface area contributed by atoms with Crippen molar-refractivity contribution < 1.29 is 28.7 Å². The van der Waals surface area contributed by atoms with Crippen LogP contribution in [-0.4, -0.2) is 72.1 Å². The van der Waals surface area contributed by atoms with Gasteiger partial charge in [-0.05, 0) is 38.5 Å². The molecule has 1 aromatic rings. The largest absolute Gasteiger partial charge is 0.454 e. The molecule has 10 heteroatoms. The van der Waals surface area contributed by atoms with E-state index in [0.717, 1.165) is 10.5 Å². The molecular formula is C20H26N4O6. The normalized spacial score (nSPS) is 19.6. The van der Waals surface area contributed by atoms with Gasteiger partial charge in [-0.15, -0.1) is 0 Å². The zero-order valence-corrected chi connectivity index (χ0v) is 17.3. The third-order valence-corrected chi connectivity index (χ3v) is 5.08. The topological polar surface area (TPSA) is 117 Å². The number of hydrogen-bond donors (Lipinski definition) is 2. The Morgan fingerprint density at radius 2 is 1.97 bits per heavy atom. The molecule has 162 valence electrons. The van der Waals surface area contributed by atoms with E-state index in [1.165, 1.54) is 4.90 Å². The van der Waals surface area contributed by atoms with Crippen molar-refractivity contribution in [1.82, 2.24) is 20.4 Å². The number of rotatable bonds is 8. The summed E-state index contributed by atoms with van der Waals surface area (Å²) in [5.74, 6) is -0.0433. The zero-order valence-electron chi connectivity index (χ0n) is 17.3. The molecule has 0 saturated carbocycles. The van der Waals surface area contributed by atoms with Gasteiger partial charge < -0.3 is 25.0 Å². The Kier molecular flexibility index (Phi) is 6.14. The van der Waals surface area contributed by atoms with Crippen LogP contribution in [0.3, 0.4) is 0 Å². The SMILES string of the molecule is CCNC(=O)CN(CC)C(=O)CN1C(=O)N[C@@](C)(Cc2ccc3c(c2)OCO3)C1=O. The van der Waals surface area contributed by atoms with E-state index in [1.54, 1.807) is 39.0 Å². The van der Waals surface area contributed by atoms with Crippen molar-refractivity contribution in [3.63, 3.8) is 0 Å². The second-order valence-corrected chi connectivity index (χ2v) is 7.38. The predicted molar refractivity (Wildman–Crippen MR) is 106 cm³/mol. The van der Waals surface area contributed by atoms with E-state index in [9.17, 15) is 19.2 Å². The number of nitrogens with zero attached hydrogens (tertiary/aromatic N) is 2. The molecule has 2 N–H and O–H groups in total. The smallest absolute Gasteiger partial charge is 0.325 e. The monoisotopic (exact) mass is 418 g/mol. The number of nitrogens with one attached hydrogen (secondary N) is 2. The average Bonchev–Trinajstić information content (AvgIpc) is 3.24. The van der Waals surface area contributed by atoms with Gasteiger partial charge in [0, 0.05) is 19.5 Å². The van der Waals surface area contributed by atoms with Crippen molar-refractivity contribution in [2.75, 3.05) is 33.0 Å². The summed E-state index contributed by atoms with van der Waals surface area (Å²) in [7, 11) is 0. The molecule has 1 atom stereocenters. The lowest BCUT2D eigenvalue weighted by atomic mass is 9.92. The van der Waals surface area contributed by atoms with Gasteiger partial charge in [-0.3, -0.25) is 19.3 Å². The van der Waals surface area contributed by atoms with E-state index in [4.69, 9.17) is 9.47 Å². The highest BCUT2D eigenvalue weighted by molar-refractivity contribution is 6.09. The van der Waals surface area contributed by atoms with Gasteiger partial charge in [0.1, 0.15) is 12.1 Å². The molecule has 1 saturated heterocycles. The minimum atomic E-state index is -1.19. The number of amides is 5. The maximum Gasteiger partial charge on any atom is 0.325 e. The summed E-state index contributed by atoms with van der Waals surface area (Å²) in [6.07, 6.45) is 0.231. The highest BCUT2D eigenvalue weighted by Crippen LogP contribution is 2.34. The summed E-state index contributed by atoms with van der Waals surface area (Å²) in [4.78, 5) is 52.0. The van der Waals surface area contributed by atoms with Crippen LogP contribution in [0.5, 0.6) is 11.5 Å². The van der Waals surface area contributed by atoms with E-state index >= 15 is 0 Å². The van der Waals surface area contributed by atoms with Crippen molar-refractivity contribution in [2.24, 2.45) is 0 Å². The van der Waals surface area contributed by atoms with Gasteiger partial charge in [-0.2, -0.15) is 0 Å². The van der Waals surface area contributed by atoms with E-state index in [1.807, 2.05) is 0 Å². The number of urea groups is 1. The van der Waals surface area contributed by atoms with Crippen molar-refractivity contribution in [3.05, 3.63) is 23.8 Å².